The number of nitrogens with zero attached hydrogens (tertiary/aromatic N) is 4. The van der Waals surface area contributed by atoms with Gasteiger partial charge in [0, 0.05) is 57.2 Å². The highest BCUT2D eigenvalue weighted by molar-refractivity contribution is 8.01. The molecule has 0 bridgehead atoms. The van der Waals surface area contributed by atoms with Crippen LogP contribution < -0.4 is 16.4 Å². The molecule has 0 saturated carbocycles. The van der Waals surface area contributed by atoms with Crippen molar-refractivity contribution in [2.75, 3.05) is 119 Å². The molecule has 20 nitrogen and oxygen atoms in total. The van der Waals surface area contributed by atoms with Crippen LogP contribution in [0.5, 0.6) is 0 Å². The Bertz CT molecular complexity index is 1760. The highest BCUT2D eigenvalue weighted by Crippen LogP contribution is 2.44. The van der Waals surface area contributed by atoms with Crippen molar-refractivity contribution in [1.82, 2.24) is 10.6 Å². The number of carbonyl (C=O) groups is 4. The van der Waals surface area contributed by atoms with Crippen LogP contribution in [0.1, 0.15) is 101 Å². The number of nitrogens with one attached hydrogen (secondary N) is 2. The van der Waals surface area contributed by atoms with Crippen molar-refractivity contribution in [2.24, 2.45) is 26.4 Å². The van der Waals surface area contributed by atoms with Crippen molar-refractivity contribution in [3.8, 4) is 11.1 Å². The van der Waals surface area contributed by atoms with Gasteiger partial charge < -0.3 is 60.1 Å². The fourth-order valence-corrected chi connectivity index (χ4v) is 8.54. The molecule has 3 unspecified atom stereocenters. The van der Waals surface area contributed by atoms with E-state index in [1.54, 1.807) is 30.6 Å². The van der Waals surface area contributed by atoms with Crippen molar-refractivity contribution in [2.45, 2.75) is 114 Å². The first-order valence-electron chi connectivity index (χ1n) is 23.6. The molecule has 0 radical (unpaired) electrons. The van der Waals surface area contributed by atoms with Gasteiger partial charge in [0.1, 0.15) is 44.6 Å². The Kier molecular flexibility index (Phi) is 80.3. The normalized spacial score (nSPS) is 12.7. The molecule has 0 spiro atoms. The number of carbonyl (C=O) groups excluding carboxylic acids is 3. The number of aliphatic hydroxyl groups is 1. The molecule has 2 aromatic rings. The Morgan fingerprint density at radius 2 is 1.10 bits per heavy atom. The molecule has 3 heterocycles. The summed E-state index contributed by atoms with van der Waals surface area (Å²) in [4.78, 5) is 64.2. The summed E-state index contributed by atoms with van der Waals surface area (Å²) >= 11 is 10.5. The van der Waals surface area contributed by atoms with E-state index in [2.05, 4.69) is 82.1 Å². The smallest absolute Gasteiger partial charge is 0.407 e. The number of alkyl carbamates (subject to hydrolysis) is 1. The number of carboxylic acids is 1. The third kappa shape index (κ3) is 50.5. The van der Waals surface area contributed by atoms with E-state index in [-0.39, 0.29) is 74.4 Å². The third-order valence-electron chi connectivity index (χ3n) is 9.55. The summed E-state index contributed by atoms with van der Waals surface area (Å²) in [6, 6.07) is 13.7. The number of likely N-dealkylation sites (N-methyl/N-ethyl adjacent to an activating group) is 1. The molecule has 26 heteroatoms. The van der Waals surface area contributed by atoms with E-state index in [1.165, 1.54) is 94.0 Å². The Labute approximate surface area is 521 Å². The van der Waals surface area contributed by atoms with E-state index < -0.39 is 36.2 Å². The second-order valence-corrected chi connectivity index (χ2v) is 22.1. The fourth-order valence-electron chi connectivity index (χ4n) is 5.16. The van der Waals surface area contributed by atoms with Crippen molar-refractivity contribution >= 4 is 121 Å². The monoisotopic (exact) mass is 1280 g/mol. The number of methoxy groups -OCH3 is 2. The number of rotatable bonds is 23. The number of thioether (sulfide) groups is 6. The topological polar surface area (TPSA) is 273 Å². The van der Waals surface area contributed by atoms with Gasteiger partial charge in [0.15, 0.2) is 5.94 Å². The number of ether oxygens (including phenoxy) is 3. The molecule has 1 aliphatic carbocycles. The largest absolute Gasteiger partial charge is 0.480 e. The van der Waals surface area contributed by atoms with Crippen LogP contribution in [0.4, 0.5) is 4.79 Å². The van der Waals surface area contributed by atoms with Gasteiger partial charge in [0.2, 0.25) is 0 Å². The predicted octanol–water partition coefficient (Wildman–Crippen LogP) is 11.7. The minimum Gasteiger partial charge on any atom is -0.480 e. The molecule has 3 atom stereocenters. The molecule has 3 aliphatic heterocycles. The molecule has 2 aromatic carbocycles. The second kappa shape index (κ2) is 67.8. The molecular formula is C56H109N7O13S6. The van der Waals surface area contributed by atoms with E-state index in [0.717, 1.165) is 41.5 Å². The average Bonchev–Trinajstić information content (AvgIpc) is 3.69. The first kappa shape index (κ1) is 97.1. The summed E-state index contributed by atoms with van der Waals surface area (Å²) in [6.45, 7) is 16.4. The molecule has 82 heavy (non-hydrogen) atoms. The van der Waals surface area contributed by atoms with Gasteiger partial charge in [0.05, 0.1) is 14.2 Å². The number of oxime groups is 4. The number of benzene rings is 2. The minimum absolute atomic E-state index is 0. The van der Waals surface area contributed by atoms with Crippen LogP contribution in [-0.2, 0) is 47.9 Å². The minimum atomic E-state index is -1.18. The molecule has 482 valence electrons. The summed E-state index contributed by atoms with van der Waals surface area (Å²) in [5.41, 5.74) is 9.63. The number of hydrogen-bond donors (Lipinski definition) is 5. The van der Waals surface area contributed by atoms with E-state index in [0.29, 0.717) is 17.4 Å². The van der Waals surface area contributed by atoms with Gasteiger partial charge in [0.25, 0.3) is 0 Å². The van der Waals surface area contributed by atoms with Crippen LogP contribution >= 0.6 is 70.6 Å². The molecule has 1 amide bonds. The quantitative estimate of drug-likeness (QED) is 0.0173. The van der Waals surface area contributed by atoms with Crippen molar-refractivity contribution in [3.63, 3.8) is 0 Å². The number of aliphatic hydroxyl groups excluding tert-OH is 1. The number of esters is 2. The predicted molar refractivity (Wildman–Crippen MR) is 365 cm³/mol. The number of amides is 1. The summed E-state index contributed by atoms with van der Waals surface area (Å²) < 4.78 is 14.6. The number of aliphatic carboxylic acids is 1. The van der Waals surface area contributed by atoms with E-state index in [1.807, 2.05) is 104 Å². The number of carboxylic acid groups (broad SMARTS) is 1. The maximum absolute atomic E-state index is 12.4. The highest BCUT2D eigenvalue weighted by Gasteiger charge is 2.30. The molecule has 6 rings (SSSR count). The van der Waals surface area contributed by atoms with E-state index in [9.17, 15) is 24.3 Å². The molecule has 6 N–H and O–H groups in total. The third-order valence-corrected chi connectivity index (χ3v) is 15.6. The number of fused-ring (bicyclic) bond motifs is 3. The molecule has 0 aromatic heterocycles. The van der Waals surface area contributed by atoms with Crippen LogP contribution in [0.2, 0.25) is 0 Å². The van der Waals surface area contributed by atoms with E-state index >= 15 is 0 Å². The lowest BCUT2D eigenvalue weighted by atomic mass is 9.98. The maximum atomic E-state index is 12.4. The van der Waals surface area contributed by atoms with Gasteiger partial charge in [-0.25, -0.2) is 9.59 Å². The van der Waals surface area contributed by atoms with Gasteiger partial charge >= 0.3 is 24.0 Å². The Hall–Kier alpha value is -4.02. The lowest BCUT2D eigenvalue weighted by molar-refractivity contribution is -0.142. The zero-order valence-electron chi connectivity index (χ0n) is 45.8. The summed E-state index contributed by atoms with van der Waals surface area (Å²) in [7, 11) is 8.14. The van der Waals surface area contributed by atoms with Gasteiger partial charge in [-0.1, -0.05) is 93.1 Å². The first-order chi connectivity index (χ1) is 36.6. The van der Waals surface area contributed by atoms with Crippen LogP contribution in [-0.4, -0.2) is 204 Å². The van der Waals surface area contributed by atoms with Crippen molar-refractivity contribution in [3.05, 3.63) is 59.7 Å². The van der Waals surface area contributed by atoms with Crippen LogP contribution in [0.25, 0.3) is 11.1 Å². The first-order valence-corrected chi connectivity index (χ1v) is 30.8. The summed E-state index contributed by atoms with van der Waals surface area (Å²) in [5.74, 6) is 8.77. The van der Waals surface area contributed by atoms with Crippen LogP contribution in [0, 0.1) is 0 Å². The fraction of sp³-hybridized carbons (Fsp3) is 0.643. The molecule has 3 saturated heterocycles. The summed E-state index contributed by atoms with van der Waals surface area (Å²) in [6.07, 6.45) is 6.34. The van der Waals surface area contributed by atoms with Crippen LogP contribution in [0.15, 0.2) is 69.2 Å². The lowest BCUT2D eigenvalue weighted by Gasteiger charge is -2.21. The Balaban J connectivity index is -0.000000127. The highest BCUT2D eigenvalue weighted by atomic mass is 32.2. The molecule has 3 fully saturated rings. The van der Waals surface area contributed by atoms with E-state index in [4.69, 9.17) is 20.4 Å². The Morgan fingerprint density at radius 3 is 1.41 bits per heavy atom. The van der Waals surface area contributed by atoms with Gasteiger partial charge in [-0.2, -0.15) is 58.8 Å². The maximum Gasteiger partial charge on any atom is 0.407 e. The molecule has 4 aliphatic rings. The van der Waals surface area contributed by atoms with Gasteiger partial charge in [-0.3, -0.25) is 9.59 Å². The van der Waals surface area contributed by atoms with Gasteiger partial charge in [-0.05, 0) is 115 Å². The number of nitrogens with two attached hydrogens (primary N) is 1. The SMILES string of the molecule is C.C.C.C.C.C.C1CSC1.C1CSC1.C1CSC1.C=NOC.C=NOC.C=NOC(C)(C)CCSCC(N)C(=O)OC.C=NOCSC.CNC(CSCC(NC(=O)OCC1c2ccccc2-c2ccccc21)C(=O)O)C(=O)OC.CO. The Morgan fingerprint density at radius 1 is 0.695 bits per heavy atom. The number of hydrogen-bond acceptors (Lipinski definition) is 24. The zero-order chi connectivity index (χ0) is 57.8. The lowest BCUT2D eigenvalue weighted by Crippen LogP contribution is -2.44. The van der Waals surface area contributed by atoms with Gasteiger partial charge in [-0.15, -0.1) is 32.4 Å². The summed E-state index contributed by atoms with van der Waals surface area (Å²) in [5, 5.41) is 34.2. The molecular weight excluding hydrogens is 1170 g/mol. The second-order valence-electron chi connectivity index (χ2n) is 15.4. The van der Waals surface area contributed by atoms with Crippen LogP contribution in [0.3, 0.4) is 0 Å². The zero-order valence-corrected chi connectivity index (χ0v) is 50.7. The van der Waals surface area contributed by atoms with Crippen molar-refractivity contribution in [1.29, 1.82) is 0 Å². The van der Waals surface area contributed by atoms with Crippen molar-refractivity contribution < 1.29 is 63.0 Å². The standard InChI is InChI=1S/C23H26N2O6S.C10H20N2O3S.C3H7NOS.3C3H6S.2C2H5NO.CH4O.6CH4/c1-24-20(22(28)30-2)13-32-12-19(21(26)27)25-23(29)31-11-18-16-9-5-3-7-14(16)15-8-4-6-10-17(15)18;1-10(2,15-12-3)5-6-16-7-8(11)9(13)14-4;1-4-5-3-6-2;3*1-2-4-3-1;2*1-3-4-2;1-2;;;;;;/h3-10,18-20,24H,11-13H2,1-2H3,(H,25,29)(H,26,27);8H,3,5-7,11H2,1-2,4H3;1,3H2,2H3;3*1-3H2;2*1H2,2H3;2H,1H3;6*1H4. The average molecular weight is 1280 g/mol.